The fourth-order valence-electron chi connectivity index (χ4n) is 1.57. The monoisotopic (exact) mass is 242 g/mol. The van der Waals surface area contributed by atoms with Crippen molar-refractivity contribution in [1.82, 2.24) is 10.3 Å². The molecule has 1 aromatic rings. The van der Waals surface area contributed by atoms with E-state index in [-0.39, 0.29) is 11.9 Å². The summed E-state index contributed by atoms with van der Waals surface area (Å²) in [5, 5.41) is 3.07. The van der Waals surface area contributed by atoms with Gasteiger partial charge < -0.3 is 14.8 Å². The molecule has 0 aliphatic rings. The summed E-state index contributed by atoms with van der Waals surface area (Å²) in [7, 11) is 3.44. The van der Waals surface area contributed by atoms with Crippen LogP contribution in [0.25, 0.3) is 0 Å². The number of halogens is 1. The summed E-state index contributed by atoms with van der Waals surface area (Å²) < 4.78 is 23.7. The van der Waals surface area contributed by atoms with Gasteiger partial charge in [0.15, 0.2) is 0 Å². The fraction of sp³-hybridized carbons (Fsp3) is 0.583. The van der Waals surface area contributed by atoms with Gasteiger partial charge in [-0.2, -0.15) is 0 Å². The number of pyridine rings is 1. The zero-order chi connectivity index (χ0) is 12.5. The first-order chi connectivity index (χ1) is 8.29. The molecule has 1 heterocycles. The standard InChI is InChI=1S/C12H19FN2O2/c1-14-12(4-6-17-8-7-16-2)10-3-5-15-9-11(10)13/h3,5,9,12,14H,4,6-8H2,1-2H3. The number of rotatable bonds is 8. The van der Waals surface area contributed by atoms with Crippen LogP contribution in [0.1, 0.15) is 18.0 Å². The predicted molar refractivity (Wildman–Crippen MR) is 63.3 cm³/mol. The number of nitrogens with zero attached hydrogens (tertiary/aromatic N) is 1. The summed E-state index contributed by atoms with van der Waals surface area (Å²) in [6, 6.07) is 1.63. The van der Waals surface area contributed by atoms with Crippen molar-refractivity contribution in [1.29, 1.82) is 0 Å². The second-order valence-corrected chi connectivity index (χ2v) is 3.63. The van der Waals surface area contributed by atoms with Crippen molar-refractivity contribution in [3.63, 3.8) is 0 Å². The number of ether oxygens (including phenoxy) is 2. The highest BCUT2D eigenvalue weighted by molar-refractivity contribution is 5.17. The van der Waals surface area contributed by atoms with E-state index in [1.165, 1.54) is 6.20 Å². The molecule has 1 N–H and O–H groups in total. The Kier molecular flexibility index (Phi) is 6.69. The molecule has 17 heavy (non-hydrogen) atoms. The van der Waals surface area contributed by atoms with Crippen LogP contribution in [0.5, 0.6) is 0 Å². The van der Waals surface area contributed by atoms with Gasteiger partial charge in [-0.25, -0.2) is 4.39 Å². The van der Waals surface area contributed by atoms with Gasteiger partial charge in [0, 0.05) is 31.5 Å². The molecule has 0 aliphatic carbocycles. The topological polar surface area (TPSA) is 43.4 Å². The first-order valence-electron chi connectivity index (χ1n) is 5.63. The van der Waals surface area contributed by atoms with E-state index in [0.717, 1.165) is 0 Å². The molecule has 0 radical (unpaired) electrons. The maximum absolute atomic E-state index is 13.5. The van der Waals surface area contributed by atoms with E-state index in [1.807, 2.05) is 0 Å². The maximum atomic E-state index is 13.5. The van der Waals surface area contributed by atoms with Crippen LogP contribution in [0.2, 0.25) is 0 Å². The van der Waals surface area contributed by atoms with Crippen molar-refractivity contribution in [3.05, 3.63) is 29.8 Å². The predicted octanol–water partition coefficient (Wildman–Crippen LogP) is 1.53. The number of methoxy groups -OCH3 is 1. The van der Waals surface area contributed by atoms with E-state index in [2.05, 4.69) is 10.3 Å². The normalized spacial score (nSPS) is 12.6. The van der Waals surface area contributed by atoms with E-state index >= 15 is 0 Å². The number of aromatic nitrogens is 1. The number of hydrogen-bond donors (Lipinski definition) is 1. The fourth-order valence-corrected chi connectivity index (χ4v) is 1.57. The molecule has 0 spiro atoms. The first-order valence-corrected chi connectivity index (χ1v) is 5.63. The molecule has 4 nitrogen and oxygen atoms in total. The maximum Gasteiger partial charge on any atom is 0.146 e. The van der Waals surface area contributed by atoms with Crippen molar-refractivity contribution in [3.8, 4) is 0 Å². The Bertz CT molecular complexity index is 323. The van der Waals surface area contributed by atoms with Crippen LogP contribution in [0.15, 0.2) is 18.5 Å². The highest BCUT2D eigenvalue weighted by Crippen LogP contribution is 2.18. The molecule has 0 fully saturated rings. The lowest BCUT2D eigenvalue weighted by atomic mass is 10.1. The second-order valence-electron chi connectivity index (χ2n) is 3.63. The average Bonchev–Trinajstić information content (AvgIpc) is 2.35. The average molecular weight is 242 g/mol. The smallest absolute Gasteiger partial charge is 0.146 e. The number of hydrogen-bond acceptors (Lipinski definition) is 4. The Morgan fingerprint density at radius 1 is 1.41 bits per heavy atom. The summed E-state index contributed by atoms with van der Waals surface area (Å²) in [6.07, 6.45) is 3.53. The third kappa shape index (κ3) is 4.77. The quantitative estimate of drug-likeness (QED) is 0.702. The Hall–Kier alpha value is -1.04. The molecule has 0 bridgehead atoms. The van der Waals surface area contributed by atoms with Crippen LogP contribution in [-0.4, -0.2) is 39.0 Å². The van der Waals surface area contributed by atoms with Crippen molar-refractivity contribution in [2.75, 3.05) is 34.0 Å². The Balaban J connectivity index is 2.41. The molecule has 1 atom stereocenters. The molecule has 0 aromatic carbocycles. The molecular formula is C12H19FN2O2. The van der Waals surface area contributed by atoms with Crippen molar-refractivity contribution >= 4 is 0 Å². The number of nitrogens with one attached hydrogen (secondary N) is 1. The lowest BCUT2D eigenvalue weighted by Gasteiger charge is -2.17. The first kappa shape index (κ1) is 14.0. The third-order valence-corrected chi connectivity index (χ3v) is 2.51. The molecule has 0 saturated carbocycles. The largest absolute Gasteiger partial charge is 0.382 e. The lowest BCUT2D eigenvalue weighted by molar-refractivity contribution is 0.0659. The van der Waals surface area contributed by atoms with Crippen molar-refractivity contribution in [2.24, 2.45) is 0 Å². The summed E-state index contributed by atoms with van der Waals surface area (Å²) in [4.78, 5) is 3.73. The highest BCUT2D eigenvalue weighted by atomic mass is 19.1. The minimum Gasteiger partial charge on any atom is -0.382 e. The van der Waals surface area contributed by atoms with Gasteiger partial charge in [-0.3, -0.25) is 4.98 Å². The minimum atomic E-state index is -0.288. The van der Waals surface area contributed by atoms with Crippen molar-refractivity contribution < 1.29 is 13.9 Å². The Morgan fingerprint density at radius 3 is 2.88 bits per heavy atom. The van der Waals surface area contributed by atoms with E-state index in [4.69, 9.17) is 9.47 Å². The minimum absolute atomic E-state index is 0.0551. The SMILES string of the molecule is CNC(CCOCCOC)c1ccncc1F. The molecule has 0 amide bonds. The summed E-state index contributed by atoms with van der Waals surface area (Å²) in [5.41, 5.74) is 0.623. The summed E-state index contributed by atoms with van der Waals surface area (Å²) in [6.45, 7) is 1.70. The summed E-state index contributed by atoms with van der Waals surface area (Å²) in [5.74, 6) is -0.288. The van der Waals surface area contributed by atoms with Gasteiger partial charge in [0.2, 0.25) is 0 Å². The van der Waals surface area contributed by atoms with E-state index in [9.17, 15) is 4.39 Å². The molecule has 96 valence electrons. The molecule has 0 saturated heterocycles. The van der Waals surface area contributed by atoms with Crippen LogP contribution in [0.3, 0.4) is 0 Å². The molecule has 1 unspecified atom stereocenters. The zero-order valence-corrected chi connectivity index (χ0v) is 10.3. The molecular weight excluding hydrogens is 223 g/mol. The van der Waals surface area contributed by atoms with E-state index in [1.54, 1.807) is 26.4 Å². The van der Waals surface area contributed by atoms with Crippen LogP contribution < -0.4 is 5.32 Å². The van der Waals surface area contributed by atoms with Gasteiger partial charge in [-0.15, -0.1) is 0 Å². The van der Waals surface area contributed by atoms with Crippen LogP contribution in [0, 0.1) is 5.82 Å². The van der Waals surface area contributed by atoms with Gasteiger partial charge in [0.05, 0.1) is 19.4 Å². The van der Waals surface area contributed by atoms with Crippen LogP contribution in [-0.2, 0) is 9.47 Å². The lowest BCUT2D eigenvalue weighted by Crippen LogP contribution is -2.20. The molecule has 5 heteroatoms. The Labute approximate surface area is 101 Å². The molecule has 1 aromatic heterocycles. The van der Waals surface area contributed by atoms with Gasteiger partial charge in [0.25, 0.3) is 0 Å². The van der Waals surface area contributed by atoms with E-state index < -0.39 is 0 Å². The van der Waals surface area contributed by atoms with Gasteiger partial charge in [-0.05, 0) is 19.5 Å². The Morgan fingerprint density at radius 2 is 2.24 bits per heavy atom. The van der Waals surface area contributed by atoms with Crippen molar-refractivity contribution in [2.45, 2.75) is 12.5 Å². The molecule has 1 rings (SSSR count). The van der Waals surface area contributed by atoms with E-state index in [0.29, 0.717) is 31.8 Å². The van der Waals surface area contributed by atoms with Crippen LogP contribution in [0.4, 0.5) is 4.39 Å². The van der Waals surface area contributed by atoms with Gasteiger partial charge in [0.1, 0.15) is 5.82 Å². The van der Waals surface area contributed by atoms with Gasteiger partial charge >= 0.3 is 0 Å². The molecule has 0 aliphatic heterocycles. The van der Waals surface area contributed by atoms with Gasteiger partial charge in [-0.1, -0.05) is 0 Å². The highest BCUT2D eigenvalue weighted by Gasteiger charge is 2.13. The second kappa shape index (κ2) is 8.11. The summed E-state index contributed by atoms with van der Waals surface area (Å²) >= 11 is 0. The third-order valence-electron chi connectivity index (χ3n) is 2.51. The zero-order valence-electron chi connectivity index (χ0n) is 10.3. The van der Waals surface area contributed by atoms with Crippen LogP contribution >= 0.6 is 0 Å².